The van der Waals surface area contributed by atoms with Crippen LogP contribution in [0.15, 0.2) is 30.5 Å². The van der Waals surface area contributed by atoms with Crippen LogP contribution >= 0.6 is 22.9 Å². The number of fused-ring (bicyclic) bond motifs is 1. The lowest BCUT2D eigenvalue weighted by atomic mass is 9.87. The van der Waals surface area contributed by atoms with Gasteiger partial charge in [-0.1, -0.05) is 35.1 Å². The molecule has 5 nitrogen and oxygen atoms in total. The van der Waals surface area contributed by atoms with Crippen molar-refractivity contribution in [2.75, 3.05) is 11.9 Å². The molecule has 1 saturated carbocycles. The molecule has 0 atom stereocenters. The molecule has 0 unspecified atom stereocenters. The number of anilines is 1. The standard InChI is InChI=1S/C17H19ClN4OS/c18-13-5-3-12(4-6-13)15-9-22-17(20-15)24-16(21-22)19-14-7-1-11(10-23)2-8-14/h3-6,9,11,14,23H,1-2,7-8,10H2,(H,19,21). The molecule has 2 aromatic heterocycles. The summed E-state index contributed by atoms with van der Waals surface area (Å²) in [6.45, 7) is 0.311. The fraction of sp³-hybridized carbons (Fsp3) is 0.412. The summed E-state index contributed by atoms with van der Waals surface area (Å²) in [6, 6.07) is 8.11. The van der Waals surface area contributed by atoms with Gasteiger partial charge in [0.25, 0.3) is 0 Å². The van der Waals surface area contributed by atoms with Crippen molar-refractivity contribution in [2.45, 2.75) is 31.7 Å². The van der Waals surface area contributed by atoms with Gasteiger partial charge in [0, 0.05) is 23.2 Å². The Morgan fingerprint density at radius 1 is 1.21 bits per heavy atom. The van der Waals surface area contributed by atoms with Crippen molar-refractivity contribution in [1.29, 1.82) is 0 Å². The molecule has 1 fully saturated rings. The third-order valence-corrected chi connectivity index (χ3v) is 5.72. The zero-order valence-corrected chi connectivity index (χ0v) is 14.7. The van der Waals surface area contributed by atoms with Gasteiger partial charge in [0.2, 0.25) is 10.1 Å². The summed E-state index contributed by atoms with van der Waals surface area (Å²) < 4.78 is 1.83. The van der Waals surface area contributed by atoms with E-state index < -0.39 is 0 Å². The van der Waals surface area contributed by atoms with Gasteiger partial charge < -0.3 is 10.4 Å². The Labute approximate surface area is 149 Å². The van der Waals surface area contributed by atoms with Gasteiger partial charge in [0.05, 0.1) is 11.9 Å². The fourth-order valence-electron chi connectivity index (χ4n) is 3.18. The second kappa shape index (κ2) is 6.70. The molecule has 0 spiro atoms. The minimum atomic E-state index is 0.311. The van der Waals surface area contributed by atoms with Crippen LogP contribution in [0.4, 0.5) is 5.13 Å². The first-order valence-corrected chi connectivity index (χ1v) is 9.40. The highest BCUT2D eigenvalue weighted by Crippen LogP contribution is 2.29. The lowest BCUT2D eigenvalue weighted by Gasteiger charge is -2.27. The van der Waals surface area contributed by atoms with E-state index >= 15 is 0 Å². The van der Waals surface area contributed by atoms with Crippen molar-refractivity contribution in [2.24, 2.45) is 5.92 Å². The number of aromatic nitrogens is 3. The number of hydrogen-bond acceptors (Lipinski definition) is 5. The number of benzene rings is 1. The number of hydrogen-bond donors (Lipinski definition) is 2. The van der Waals surface area contributed by atoms with Gasteiger partial charge in [-0.05, 0) is 43.7 Å². The van der Waals surface area contributed by atoms with Gasteiger partial charge >= 0.3 is 0 Å². The van der Waals surface area contributed by atoms with E-state index in [1.54, 1.807) is 11.3 Å². The Morgan fingerprint density at radius 2 is 1.96 bits per heavy atom. The van der Waals surface area contributed by atoms with Crippen LogP contribution < -0.4 is 5.32 Å². The third-order valence-electron chi connectivity index (χ3n) is 4.62. The molecule has 0 bridgehead atoms. The molecule has 2 N–H and O–H groups in total. The molecule has 4 rings (SSSR count). The van der Waals surface area contributed by atoms with E-state index in [9.17, 15) is 5.11 Å². The lowest BCUT2D eigenvalue weighted by Crippen LogP contribution is -2.27. The zero-order valence-electron chi connectivity index (χ0n) is 13.2. The maximum Gasteiger partial charge on any atom is 0.214 e. The quantitative estimate of drug-likeness (QED) is 0.734. The molecule has 0 radical (unpaired) electrons. The molecule has 0 amide bonds. The van der Waals surface area contributed by atoms with Gasteiger partial charge in [-0.3, -0.25) is 0 Å². The average molecular weight is 363 g/mol. The molecule has 1 aliphatic carbocycles. The lowest BCUT2D eigenvalue weighted by molar-refractivity contribution is 0.186. The molecule has 24 heavy (non-hydrogen) atoms. The number of nitrogens with zero attached hydrogens (tertiary/aromatic N) is 3. The van der Waals surface area contributed by atoms with Crippen LogP contribution in [0, 0.1) is 5.92 Å². The maximum atomic E-state index is 9.22. The molecular formula is C17H19ClN4OS. The fourth-order valence-corrected chi connectivity index (χ4v) is 4.17. The highest BCUT2D eigenvalue weighted by Gasteiger charge is 2.21. The van der Waals surface area contributed by atoms with Crippen molar-refractivity contribution in [3.8, 4) is 11.3 Å². The van der Waals surface area contributed by atoms with Gasteiger partial charge in [-0.15, -0.1) is 5.10 Å². The summed E-state index contributed by atoms with van der Waals surface area (Å²) in [4.78, 5) is 5.54. The van der Waals surface area contributed by atoms with E-state index in [2.05, 4.69) is 15.4 Å². The number of aliphatic hydroxyl groups excluding tert-OH is 1. The van der Waals surface area contributed by atoms with Crippen LogP contribution in [0.3, 0.4) is 0 Å². The molecule has 1 aromatic carbocycles. The Kier molecular flexibility index (Phi) is 4.43. The molecule has 3 aromatic rings. The number of rotatable bonds is 4. The van der Waals surface area contributed by atoms with Gasteiger partial charge in [0.15, 0.2) is 0 Å². The average Bonchev–Trinajstić information content (AvgIpc) is 3.14. The Bertz CT molecular complexity index is 789. The van der Waals surface area contributed by atoms with Crippen molar-refractivity contribution in [1.82, 2.24) is 14.6 Å². The minimum Gasteiger partial charge on any atom is -0.396 e. The van der Waals surface area contributed by atoms with Gasteiger partial charge in [-0.25, -0.2) is 9.50 Å². The first-order valence-electron chi connectivity index (χ1n) is 8.21. The van der Waals surface area contributed by atoms with Crippen LogP contribution in [-0.2, 0) is 0 Å². The predicted molar refractivity (Wildman–Crippen MR) is 97.8 cm³/mol. The Morgan fingerprint density at radius 3 is 2.62 bits per heavy atom. The van der Waals surface area contributed by atoms with E-state index in [-0.39, 0.29) is 0 Å². The highest BCUT2D eigenvalue weighted by atomic mass is 35.5. The molecule has 126 valence electrons. The summed E-state index contributed by atoms with van der Waals surface area (Å²) in [6.07, 6.45) is 6.28. The summed E-state index contributed by atoms with van der Waals surface area (Å²) in [5.74, 6) is 0.471. The molecule has 7 heteroatoms. The second-order valence-electron chi connectivity index (χ2n) is 6.31. The van der Waals surface area contributed by atoms with Crippen molar-refractivity contribution in [3.63, 3.8) is 0 Å². The first kappa shape index (κ1) is 15.9. The largest absolute Gasteiger partial charge is 0.396 e. The van der Waals surface area contributed by atoms with Crippen LogP contribution in [-0.4, -0.2) is 32.4 Å². The minimum absolute atomic E-state index is 0.311. The van der Waals surface area contributed by atoms with Gasteiger partial charge in [-0.2, -0.15) is 0 Å². The van der Waals surface area contributed by atoms with Gasteiger partial charge in [0.1, 0.15) is 0 Å². The number of nitrogens with one attached hydrogen (secondary N) is 1. The highest BCUT2D eigenvalue weighted by molar-refractivity contribution is 7.20. The van der Waals surface area contributed by atoms with Crippen LogP contribution in [0.2, 0.25) is 5.02 Å². The third kappa shape index (κ3) is 3.27. The summed E-state index contributed by atoms with van der Waals surface area (Å²) >= 11 is 7.50. The van der Waals surface area contributed by atoms with Crippen LogP contribution in [0.1, 0.15) is 25.7 Å². The number of aliphatic hydroxyl groups is 1. The van der Waals surface area contributed by atoms with E-state index in [0.29, 0.717) is 18.6 Å². The predicted octanol–water partition coefficient (Wildman–Crippen LogP) is 4.07. The molecular weight excluding hydrogens is 344 g/mol. The van der Waals surface area contributed by atoms with Crippen LogP contribution in [0.5, 0.6) is 0 Å². The van der Waals surface area contributed by atoms with Crippen molar-refractivity contribution < 1.29 is 5.11 Å². The summed E-state index contributed by atoms with van der Waals surface area (Å²) in [5.41, 5.74) is 1.94. The first-order chi connectivity index (χ1) is 11.7. The van der Waals surface area contributed by atoms with E-state index in [4.69, 9.17) is 11.6 Å². The van der Waals surface area contributed by atoms with Crippen molar-refractivity contribution in [3.05, 3.63) is 35.5 Å². The molecule has 0 aliphatic heterocycles. The number of imidazole rings is 1. The Balaban J connectivity index is 1.47. The van der Waals surface area contributed by atoms with E-state index in [1.165, 1.54) is 0 Å². The van der Waals surface area contributed by atoms with E-state index in [0.717, 1.165) is 52.1 Å². The molecule has 0 saturated heterocycles. The topological polar surface area (TPSA) is 62.5 Å². The van der Waals surface area contributed by atoms with E-state index in [1.807, 2.05) is 35.0 Å². The monoisotopic (exact) mass is 362 g/mol. The second-order valence-corrected chi connectivity index (χ2v) is 7.70. The Hall–Kier alpha value is -1.63. The SMILES string of the molecule is OCC1CCC(Nc2nn3cc(-c4ccc(Cl)cc4)nc3s2)CC1. The summed E-state index contributed by atoms with van der Waals surface area (Å²) in [5, 5.41) is 19.0. The maximum absolute atomic E-state index is 9.22. The molecule has 2 heterocycles. The zero-order chi connectivity index (χ0) is 16.5. The smallest absolute Gasteiger partial charge is 0.214 e. The van der Waals surface area contributed by atoms with Crippen molar-refractivity contribution >= 4 is 33.0 Å². The number of halogens is 1. The summed E-state index contributed by atoms with van der Waals surface area (Å²) in [7, 11) is 0. The molecule has 1 aliphatic rings. The normalized spacial score (nSPS) is 21.2. The van der Waals surface area contributed by atoms with Crippen LogP contribution in [0.25, 0.3) is 16.2 Å².